The molecule has 0 unspecified atom stereocenters. The van der Waals surface area contributed by atoms with Gasteiger partial charge in [0.15, 0.2) is 0 Å². The van der Waals surface area contributed by atoms with Gasteiger partial charge < -0.3 is 9.73 Å². The molecular weight excluding hydrogens is 198 g/mol. The first-order valence-corrected chi connectivity index (χ1v) is 6.40. The molecule has 0 saturated heterocycles. The van der Waals surface area contributed by atoms with E-state index in [0.29, 0.717) is 5.41 Å². The standard InChI is InChI=1S/C14H23NO/c1-14(2,13-5-3-4-6-13)11-15-9-12-7-8-16-10-12/h7-8,10,13,15H,3-6,9,11H2,1-2H3. The Labute approximate surface area is 98.4 Å². The summed E-state index contributed by atoms with van der Waals surface area (Å²) in [7, 11) is 0. The van der Waals surface area contributed by atoms with Gasteiger partial charge in [-0.05, 0) is 30.2 Å². The average molecular weight is 221 g/mol. The third kappa shape index (κ3) is 2.88. The molecule has 2 rings (SSSR count). The van der Waals surface area contributed by atoms with Crippen molar-refractivity contribution in [1.29, 1.82) is 0 Å². The molecule has 1 aromatic rings. The van der Waals surface area contributed by atoms with Gasteiger partial charge in [0.1, 0.15) is 0 Å². The fourth-order valence-electron chi connectivity index (χ4n) is 2.77. The highest BCUT2D eigenvalue weighted by molar-refractivity contribution is 5.04. The third-order valence-corrected chi connectivity index (χ3v) is 3.95. The SMILES string of the molecule is CC(C)(CNCc1ccoc1)C1CCCC1. The smallest absolute Gasteiger partial charge is 0.0947 e. The van der Waals surface area contributed by atoms with Gasteiger partial charge in [-0.2, -0.15) is 0 Å². The van der Waals surface area contributed by atoms with Crippen LogP contribution in [0.1, 0.15) is 45.1 Å². The van der Waals surface area contributed by atoms with Crippen LogP contribution in [-0.4, -0.2) is 6.54 Å². The summed E-state index contributed by atoms with van der Waals surface area (Å²) < 4.78 is 5.06. The van der Waals surface area contributed by atoms with Crippen molar-refractivity contribution in [2.24, 2.45) is 11.3 Å². The molecule has 0 bridgehead atoms. The van der Waals surface area contributed by atoms with Crippen molar-refractivity contribution in [3.63, 3.8) is 0 Å². The minimum Gasteiger partial charge on any atom is -0.472 e. The lowest BCUT2D eigenvalue weighted by Crippen LogP contribution is -2.34. The molecule has 0 radical (unpaired) electrons. The summed E-state index contributed by atoms with van der Waals surface area (Å²) in [5.41, 5.74) is 1.67. The van der Waals surface area contributed by atoms with Crippen LogP contribution in [0.2, 0.25) is 0 Å². The molecule has 0 amide bonds. The largest absolute Gasteiger partial charge is 0.472 e. The number of furan rings is 1. The zero-order valence-electron chi connectivity index (χ0n) is 10.5. The maximum atomic E-state index is 5.06. The maximum Gasteiger partial charge on any atom is 0.0947 e. The lowest BCUT2D eigenvalue weighted by atomic mass is 9.78. The maximum absolute atomic E-state index is 5.06. The van der Waals surface area contributed by atoms with Crippen LogP contribution in [0.5, 0.6) is 0 Å². The second-order valence-corrected chi connectivity index (χ2v) is 5.71. The Balaban J connectivity index is 1.75. The number of hydrogen-bond donors (Lipinski definition) is 1. The zero-order valence-corrected chi connectivity index (χ0v) is 10.5. The Morgan fingerprint density at radius 2 is 2.12 bits per heavy atom. The molecule has 1 aliphatic rings. The van der Waals surface area contributed by atoms with Gasteiger partial charge in [0, 0.05) is 18.7 Å². The zero-order chi connectivity index (χ0) is 11.4. The van der Waals surface area contributed by atoms with Crippen LogP contribution in [-0.2, 0) is 6.54 Å². The normalized spacial score (nSPS) is 18.1. The molecule has 1 heterocycles. The van der Waals surface area contributed by atoms with Crippen molar-refractivity contribution in [3.05, 3.63) is 24.2 Å². The van der Waals surface area contributed by atoms with Gasteiger partial charge in [-0.3, -0.25) is 0 Å². The van der Waals surface area contributed by atoms with Crippen molar-refractivity contribution in [2.75, 3.05) is 6.54 Å². The molecule has 1 fully saturated rings. The summed E-state index contributed by atoms with van der Waals surface area (Å²) >= 11 is 0. The molecular formula is C14H23NO. The van der Waals surface area contributed by atoms with Crippen molar-refractivity contribution < 1.29 is 4.42 Å². The van der Waals surface area contributed by atoms with Crippen LogP contribution in [0.15, 0.2) is 23.0 Å². The number of rotatable bonds is 5. The molecule has 0 atom stereocenters. The van der Waals surface area contributed by atoms with Crippen LogP contribution >= 0.6 is 0 Å². The molecule has 1 saturated carbocycles. The average Bonchev–Trinajstić information content (AvgIpc) is 2.90. The van der Waals surface area contributed by atoms with E-state index >= 15 is 0 Å². The van der Waals surface area contributed by atoms with Gasteiger partial charge in [0.05, 0.1) is 12.5 Å². The Kier molecular flexibility index (Phi) is 3.70. The summed E-state index contributed by atoms with van der Waals surface area (Å²) in [5.74, 6) is 0.907. The molecule has 90 valence electrons. The van der Waals surface area contributed by atoms with Gasteiger partial charge >= 0.3 is 0 Å². The second kappa shape index (κ2) is 5.05. The molecule has 0 aliphatic heterocycles. The first-order chi connectivity index (χ1) is 7.68. The predicted octanol–water partition coefficient (Wildman–Crippen LogP) is 3.59. The highest BCUT2D eigenvalue weighted by Crippen LogP contribution is 2.38. The molecule has 0 spiro atoms. The van der Waals surface area contributed by atoms with Crippen LogP contribution in [0.4, 0.5) is 0 Å². The number of hydrogen-bond acceptors (Lipinski definition) is 2. The van der Waals surface area contributed by atoms with Crippen LogP contribution in [0, 0.1) is 11.3 Å². The van der Waals surface area contributed by atoms with E-state index < -0.39 is 0 Å². The van der Waals surface area contributed by atoms with Gasteiger partial charge in [-0.15, -0.1) is 0 Å². The van der Waals surface area contributed by atoms with E-state index in [1.807, 2.05) is 12.3 Å². The molecule has 0 aromatic carbocycles. The van der Waals surface area contributed by atoms with Gasteiger partial charge in [-0.1, -0.05) is 26.7 Å². The lowest BCUT2D eigenvalue weighted by molar-refractivity contribution is 0.208. The van der Waals surface area contributed by atoms with E-state index in [0.717, 1.165) is 19.0 Å². The highest BCUT2D eigenvalue weighted by atomic mass is 16.3. The third-order valence-electron chi connectivity index (χ3n) is 3.95. The Morgan fingerprint density at radius 1 is 1.38 bits per heavy atom. The molecule has 1 aromatic heterocycles. The van der Waals surface area contributed by atoms with Gasteiger partial charge in [-0.25, -0.2) is 0 Å². The minimum atomic E-state index is 0.431. The Bertz CT molecular complexity index is 297. The minimum absolute atomic E-state index is 0.431. The Morgan fingerprint density at radius 3 is 2.75 bits per heavy atom. The quantitative estimate of drug-likeness (QED) is 0.822. The van der Waals surface area contributed by atoms with Crippen LogP contribution in [0.3, 0.4) is 0 Å². The summed E-state index contributed by atoms with van der Waals surface area (Å²) in [6, 6.07) is 2.02. The van der Waals surface area contributed by atoms with Crippen LogP contribution < -0.4 is 5.32 Å². The van der Waals surface area contributed by atoms with E-state index in [2.05, 4.69) is 19.2 Å². The van der Waals surface area contributed by atoms with E-state index in [1.54, 1.807) is 6.26 Å². The predicted molar refractivity (Wildman–Crippen MR) is 66.2 cm³/mol. The van der Waals surface area contributed by atoms with E-state index in [9.17, 15) is 0 Å². The summed E-state index contributed by atoms with van der Waals surface area (Å²) in [4.78, 5) is 0. The molecule has 2 heteroatoms. The second-order valence-electron chi connectivity index (χ2n) is 5.71. The van der Waals surface area contributed by atoms with Gasteiger partial charge in [0.2, 0.25) is 0 Å². The summed E-state index contributed by atoms with van der Waals surface area (Å²) in [5, 5.41) is 3.54. The molecule has 2 nitrogen and oxygen atoms in total. The van der Waals surface area contributed by atoms with E-state index in [4.69, 9.17) is 4.42 Å². The van der Waals surface area contributed by atoms with E-state index in [-0.39, 0.29) is 0 Å². The molecule has 1 N–H and O–H groups in total. The number of nitrogens with one attached hydrogen (secondary N) is 1. The van der Waals surface area contributed by atoms with Crippen molar-refractivity contribution in [2.45, 2.75) is 46.1 Å². The van der Waals surface area contributed by atoms with Crippen molar-refractivity contribution in [1.82, 2.24) is 5.32 Å². The molecule has 16 heavy (non-hydrogen) atoms. The first kappa shape index (κ1) is 11.7. The fourth-order valence-corrected chi connectivity index (χ4v) is 2.77. The van der Waals surface area contributed by atoms with Crippen LogP contribution in [0.25, 0.3) is 0 Å². The first-order valence-electron chi connectivity index (χ1n) is 6.40. The molecule has 1 aliphatic carbocycles. The highest BCUT2D eigenvalue weighted by Gasteiger charge is 2.31. The summed E-state index contributed by atoms with van der Waals surface area (Å²) in [6.45, 7) is 6.81. The van der Waals surface area contributed by atoms with Crippen molar-refractivity contribution >= 4 is 0 Å². The summed E-state index contributed by atoms with van der Waals surface area (Å²) in [6.07, 6.45) is 9.24. The van der Waals surface area contributed by atoms with E-state index in [1.165, 1.54) is 31.2 Å². The lowest BCUT2D eigenvalue weighted by Gasteiger charge is -2.32. The fraction of sp³-hybridized carbons (Fsp3) is 0.714. The monoisotopic (exact) mass is 221 g/mol. The van der Waals surface area contributed by atoms with Crippen molar-refractivity contribution in [3.8, 4) is 0 Å². The topological polar surface area (TPSA) is 25.2 Å². The Hall–Kier alpha value is -0.760. The van der Waals surface area contributed by atoms with Gasteiger partial charge in [0.25, 0.3) is 0 Å².